The lowest BCUT2D eigenvalue weighted by molar-refractivity contribution is -0.140. The predicted molar refractivity (Wildman–Crippen MR) is 101 cm³/mol. The fourth-order valence-corrected chi connectivity index (χ4v) is 2.26. The fraction of sp³-hybridized carbons (Fsp3) is 0.706. The van der Waals surface area contributed by atoms with E-state index in [1.807, 2.05) is 5.32 Å². The first-order valence-corrected chi connectivity index (χ1v) is 9.37. The summed E-state index contributed by atoms with van der Waals surface area (Å²) < 4.78 is 4.96. The number of aliphatic hydroxyl groups excluding tert-OH is 1. The van der Waals surface area contributed by atoms with Crippen LogP contribution in [0.4, 0.5) is 4.79 Å². The molecule has 0 saturated heterocycles. The van der Waals surface area contributed by atoms with Crippen LogP contribution in [-0.2, 0) is 23.9 Å². The molecule has 172 valence electrons. The van der Waals surface area contributed by atoms with E-state index in [2.05, 4.69) is 10.6 Å². The number of hydrogen-bond donors (Lipinski definition) is 7. The van der Waals surface area contributed by atoms with Gasteiger partial charge in [0.25, 0.3) is 0 Å². The van der Waals surface area contributed by atoms with Crippen LogP contribution < -0.4 is 16.0 Å². The first kappa shape index (κ1) is 27.1. The number of ether oxygens (including phenoxy) is 1. The van der Waals surface area contributed by atoms with Gasteiger partial charge >= 0.3 is 23.9 Å². The van der Waals surface area contributed by atoms with Crippen molar-refractivity contribution >= 4 is 29.8 Å². The first-order chi connectivity index (χ1) is 14.2. The summed E-state index contributed by atoms with van der Waals surface area (Å²) in [5, 5.41) is 42.1. The highest BCUT2D eigenvalue weighted by Crippen LogP contribution is 2.03. The zero-order chi connectivity index (χ0) is 22.9. The molecule has 0 aliphatic rings. The third-order valence-electron chi connectivity index (χ3n) is 3.80. The van der Waals surface area contributed by atoms with Crippen molar-refractivity contribution in [1.29, 1.82) is 0 Å². The molecule has 2 atom stereocenters. The van der Waals surface area contributed by atoms with E-state index in [0.29, 0.717) is 19.4 Å². The molecule has 0 aromatic carbocycles. The average Bonchev–Trinajstić information content (AvgIpc) is 2.66. The van der Waals surface area contributed by atoms with Gasteiger partial charge < -0.3 is 41.1 Å². The molecule has 13 nitrogen and oxygen atoms in total. The lowest BCUT2D eigenvalue weighted by Gasteiger charge is -2.18. The van der Waals surface area contributed by atoms with E-state index in [1.54, 1.807) is 0 Å². The van der Waals surface area contributed by atoms with Crippen LogP contribution in [0.5, 0.6) is 0 Å². The molecular formula is C17H29N3O10. The van der Waals surface area contributed by atoms with Crippen molar-refractivity contribution in [3.05, 3.63) is 0 Å². The van der Waals surface area contributed by atoms with Gasteiger partial charge in [-0.05, 0) is 25.7 Å². The summed E-state index contributed by atoms with van der Waals surface area (Å²) >= 11 is 0. The standard InChI is InChI=1S/C17H29N3O10/c21-8-10-30-9-6-13(22)18-7-2-1-3-11(15(25)26)19-17(29)20-12(16(27)28)4-5-14(23)24/h11-12,21H,1-10H2,(H,18,22)(H,23,24)(H,25,26)(H,27,28)(H2,19,20,29). The Bertz CT molecular complexity index is 584. The van der Waals surface area contributed by atoms with Crippen molar-refractivity contribution in [3.63, 3.8) is 0 Å². The Hall–Kier alpha value is -2.93. The predicted octanol–water partition coefficient (Wildman–Crippen LogP) is -1.26. The fourth-order valence-electron chi connectivity index (χ4n) is 2.26. The van der Waals surface area contributed by atoms with Gasteiger partial charge in [-0.15, -0.1) is 0 Å². The molecule has 13 heteroatoms. The minimum atomic E-state index is -1.47. The second-order valence-corrected chi connectivity index (χ2v) is 6.26. The Kier molecular flexibility index (Phi) is 14.4. The average molecular weight is 435 g/mol. The molecular weight excluding hydrogens is 406 g/mol. The number of nitrogens with one attached hydrogen (secondary N) is 3. The lowest BCUT2D eigenvalue weighted by Crippen LogP contribution is -2.51. The number of carboxylic acid groups (broad SMARTS) is 3. The molecule has 0 rings (SSSR count). The van der Waals surface area contributed by atoms with Crippen LogP contribution in [0.1, 0.15) is 38.5 Å². The monoisotopic (exact) mass is 435 g/mol. The van der Waals surface area contributed by atoms with Gasteiger partial charge in [-0.2, -0.15) is 0 Å². The van der Waals surface area contributed by atoms with Crippen molar-refractivity contribution in [2.45, 2.75) is 50.6 Å². The van der Waals surface area contributed by atoms with Crippen LogP contribution >= 0.6 is 0 Å². The van der Waals surface area contributed by atoms with Gasteiger partial charge in [-0.3, -0.25) is 9.59 Å². The summed E-state index contributed by atoms with van der Waals surface area (Å²) in [6.07, 6.45) is 0.170. The summed E-state index contributed by atoms with van der Waals surface area (Å²) in [5.41, 5.74) is 0. The van der Waals surface area contributed by atoms with Gasteiger partial charge in [-0.1, -0.05) is 0 Å². The SMILES string of the molecule is O=C(O)CCC(NC(=O)NC(CCCCNC(=O)CCOCCO)C(=O)O)C(=O)O. The maximum Gasteiger partial charge on any atom is 0.326 e. The van der Waals surface area contributed by atoms with Crippen molar-refractivity contribution in [2.24, 2.45) is 0 Å². The van der Waals surface area contributed by atoms with Crippen molar-refractivity contribution in [1.82, 2.24) is 16.0 Å². The first-order valence-electron chi connectivity index (χ1n) is 9.37. The quantitative estimate of drug-likeness (QED) is 0.135. The van der Waals surface area contributed by atoms with E-state index >= 15 is 0 Å². The molecule has 2 unspecified atom stereocenters. The second-order valence-electron chi connectivity index (χ2n) is 6.26. The van der Waals surface area contributed by atoms with Crippen molar-refractivity contribution in [3.8, 4) is 0 Å². The van der Waals surface area contributed by atoms with Crippen LogP contribution in [0.2, 0.25) is 0 Å². The van der Waals surface area contributed by atoms with Gasteiger partial charge in [0.05, 0.1) is 19.8 Å². The van der Waals surface area contributed by atoms with E-state index in [0.717, 1.165) is 0 Å². The molecule has 0 heterocycles. The molecule has 0 fully saturated rings. The minimum Gasteiger partial charge on any atom is -0.481 e. The number of aliphatic hydroxyl groups is 1. The minimum absolute atomic E-state index is 0.0467. The lowest BCUT2D eigenvalue weighted by atomic mass is 10.1. The van der Waals surface area contributed by atoms with E-state index in [9.17, 15) is 29.1 Å². The highest BCUT2D eigenvalue weighted by atomic mass is 16.5. The van der Waals surface area contributed by atoms with Gasteiger partial charge in [-0.25, -0.2) is 14.4 Å². The third kappa shape index (κ3) is 14.1. The Morgan fingerprint density at radius 2 is 1.40 bits per heavy atom. The normalized spacial score (nSPS) is 12.4. The number of hydrogen-bond acceptors (Lipinski definition) is 7. The Balaban J connectivity index is 4.23. The van der Waals surface area contributed by atoms with E-state index < -0.39 is 42.4 Å². The number of unbranched alkanes of at least 4 members (excludes halogenated alkanes) is 1. The number of rotatable bonds is 17. The van der Waals surface area contributed by atoms with Crippen LogP contribution in [0.15, 0.2) is 0 Å². The topological polar surface area (TPSA) is 212 Å². The molecule has 0 radical (unpaired) electrons. The smallest absolute Gasteiger partial charge is 0.326 e. The zero-order valence-electron chi connectivity index (χ0n) is 16.5. The molecule has 0 saturated carbocycles. The number of carboxylic acids is 3. The van der Waals surface area contributed by atoms with Gasteiger partial charge in [0.1, 0.15) is 12.1 Å². The van der Waals surface area contributed by atoms with Gasteiger partial charge in [0, 0.05) is 19.4 Å². The highest BCUT2D eigenvalue weighted by molar-refractivity contribution is 5.86. The summed E-state index contributed by atoms with van der Waals surface area (Å²) in [7, 11) is 0. The maximum atomic E-state index is 11.9. The highest BCUT2D eigenvalue weighted by Gasteiger charge is 2.24. The molecule has 0 spiro atoms. The van der Waals surface area contributed by atoms with Gasteiger partial charge in [0.2, 0.25) is 5.91 Å². The Morgan fingerprint density at radius 3 is 1.93 bits per heavy atom. The summed E-state index contributed by atoms with van der Waals surface area (Å²) in [5.74, 6) is -4.22. The van der Waals surface area contributed by atoms with Crippen LogP contribution in [0.3, 0.4) is 0 Å². The van der Waals surface area contributed by atoms with Gasteiger partial charge in [0.15, 0.2) is 0 Å². The number of aliphatic carboxylic acids is 3. The Labute approximate surface area is 172 Å². The van der Waals surface area contributed by atoms with Crippen molar-refractivity contribution < 1.29 is 49.1 Å². The largest absolute Gasteiger partial charge is 0.481 e. The van der Waals surface area contributed by atoms with E-state index in [-0.39, 0.29) is 45.0 Å². The maximum absolute atomic E-state index is 11.9. The molecule has 7 N–H and O–H groups in total. The number of carbonyl (C=O) groups is 5. The molecule has 30 heavy (non-hydrogen) atoms. The van der Waals surface area contributed by atoms with Crippen LogP contribution in [0, 0.1) is 0 Å². The van der Waals surface area contributed by atoms with Crippen LogP contribution in [-0.4, -0.2) is 88.7 Å². The second kappa shape index (κ2) is 15.9. The van der Waals surface area contributed by atoms with E-state index in [4.69, 9.17) is 20.1 Å². The Morgan fingerprint density at radius 1 is 0.800 bits per heavy atom. The van der Waals surface area contributed by atoms with Crippen molar-refractivity contribution in [2.75, 3.05) is 26.4 Å². The molecule has 0 aromatic rings. The number of amides is 3. The summed E-state index contributed by atoms with van der Waals surface area (Å²) in [6, 6.07) is -3.77. The summed E-state index contributed by atoms with van der Waals surface area (Å²) in [4.78, 5) is 56.2. The number of carbonyl (C=O) groups excluding carboxylic acids is 2. The molecule has 3 amide bonds. The zero-order valence-corrected chi connectivity index (χ0v) is 16.5. The van der Waals surface area contributed by atoms with E-state index in [1.165, 1.54) is 0 Å². The number of urea groups is 1. The van der Waals surface area contributed by atoms with Crippen LogP contribution in [0.25, 0.3) is 0 Å². The molecule has 0 aliphatic carbocycles. The third-order valence-corrected chi connectivity index (χ3v) is 3.80. The molecule has 0 aromatic heterocycles. The molecule has 0 bridgehead atoms. The molecule has 0 aliphatic heterocycles. The summed E-state index contributed by atoms with van der Waals surface area (Å²) in [6.45, 7) is 0.499.